The first-order chi connectivity index (χ1) is 8.04. The summed E-state index contributed by atoms with van der Waals surface area (Å²) < 4.78 is 0. The maximum atomic E-state index is 10.3. The van der Waals surface area contributed by atoms with Crippen LogP contribution >= 0.6 is 0 Å². The Morgan fingerprint density at radius 2 is 2.06 bits per heavy atom. The largest absolute Gasteiger partial charge is 0.369 e. The number of hydrogen-bond acceptors (Lipinski definition) is 3. The third-order valence-electron chi connectivity index (χ3n) is 2.76. The molecule has 1 unspecified atom stereocenters. The minimum Gasteiger partial charge on any atom is -0.369 e. The second-order valence-corrected chi connectivity index (χ2v) is 4.45. The molecule has 1 aromatic rings. The smallest absolute Gasteiger partial charge is 0.162 e. The van der Waals surface area contributed by atoms with Gasteiger partial charge < -0.3 is 5.11 Å². The average Bonchev–Trinajstić information content (AvgIpc) is 2.55. The molecule has 1 heterocycles. The summed E-state index contributed by atoms with van der Waals surface area (Å²) in [5.41, 5.74) is 0.871. The highest BCUT2D eigenvalue weighted by Crippen LogP contribution is 2.26. The maximum Gasteiger partial charge on any atom is 0.162 e. The van der Waals surface area contributed by atoms with Crippen molar-refractivity contribution in [2.75, 3.05) is 7.05 Å². The highest BCUT2D eigenvalue weighted by molar-refractivity contribution is 6.01. The van der Waals surface area contributed by atoms with Crippen LogP contribution in [-0.2, 0) is 0 Å². The number of aliphatic imine (C=N–C) groups is 1. The van der Waals surface area contributed by atoms with Gasteiger partial charge in [0.25, 0.3) is 0 Å². The molecule has 0 bridgehead atoms. The minimum atomic E-state index is -0.991. The van der Waals surface area contributed by atoms with E-state index < -0.39 is 5.72 Å². The van der Waals surface area contributed by atoms with E-state index in [1.807, 2.05) is 37.3 Å². The molecule has 1 atom stereocenters. The predicted molar refractivity (Wildman–Crippen MR) is 69.1 cm³/mol. The van der Waals surface area contributed by atoms with E-state index in [4.69, 9.17) is 0 Å². The fourth-order valence-corrected chi connectivity index (χ4v) is 2.08. The van der Waals surface area contributed by atoms with Crippen LogP contribution < -0.4 is 0 Å². The topological polar surface area (TPSA) is 48.2 Å². The molecule has 0 aromatic heterocycles. The van der Waals surface area contributed by atoms with Gasteiger partial charge in [-0.15, -0.1) is 0 Å². The number of aliphatic hydroxyl groups is 1. The summed E-state index contributed by atoms with van der Waals surface area (Å²) in [6, 6.07) is 9.76. The van der Waals surface area contributed by atoms with Crippen LogP contribution in [0.1, 0.15) is 25.8 Å². The SMILES string of the molecule is CN=C(c1ccccc1)N1N=C(C)CC1(C)O. The van der Waals surface area contributed by atoms with Crippen molar-refractivity contribution in [2.24, 2.45) is 10.1 Å². The van der Waals surface area contributed by atoms with Crippen molar-refractivity contribution in [3.8, 4) is 0 Å². The van der Waals surface area contributed by atoms with E-state index in [2.05, 4.69) is 10.1 Å². The third kappa shape index (κ3) is 2.22. The zero-order valence-corrected chi connectivity index (χ0v) is 10.4. The highest BCUT2D eigenvalue weighted by Gasteiger charge is 2.37. The first-order valence-electron chi connectivity index (χ1n) is 5.63. The minimum absolute atomic E-state index is 0.541. The zero-order valence-electron chi connectivity index (χ0n) is 10.4. The van der Waals surface area contributed by atoms with Gasteiger partial charge in [0.2, 0.25) is 0 Å². The maximum absolute atomic E-state index is 10.3. The van der Waals surface area contributed by atoms with E-state index >= 15 is 0 Å². The molecule has 4 nitrogen and oxygen atoms in total. The summed E-state index contributed by atoms with van der Waals surface area (Å²) >= 11 is 0. The number of benzene rings is 1. The van der Waals surface area contributed by atoms with Gasteiger partial charge in [-0.2, -0.15) is 5.10 Å². The van der Waals surface area contributed by atoms with Crippen molar-refractivity contribution in [1.82, 2.24) is 5.01 Å². The van der Waals surface area contributed by atoms with Crippen LogP contribution in [-0.4, -0.2) is 34.4 Å². The number of rotatable bonds is 1. The van der Waals surface area contributed by atoms with E-state index in [1.54, 1.807) is 19.0 Å². The van der Waals surface area contributed by atoms with Crippen LogP contribution in [0.2, 0.25) is 0 Å². The Bertz CT molecular complexity index is 463. The summed E-state index contributed by atoms with van der Waals surface area (Å²) in [4.78, 5) is 4.25. The monoisotopic (exact) mass is 231 g/mol. The molecule has 1 aliphatic heterocycles. The molecule has 1 aromatic carbocycles. The van der Waals surface area contributed by atoms with Gasteiger partial charge in [-0.05, 0) is 13.8 Å². The van der Waals surface area contributed by atoms with Crippen LogP contribution in [0.4, 0.5) is 0 Å². The fraction of sp³-hybridized carbons (Fsp3) is 0.385. The van der Waals surface area contributed by atoms with Crippen molar-refractivity contribution in [2.45, 2.75) is 26.0 Å². The standard InChI is InChI=1S/C13H17N3O/c1-10-9-13(2,17)16(15-10)12(14-3)11-7-5-4-6-8-11/h4-8,17H,9H2,1-3H3. The molecule has 0 aliphatic carbocycles. The van der Waals surface area contributed by atoms with Crippen molar-refractivity contribution >= 4 is 11.5 Å². The van der Waals surface area contributed by atoms with Crippen molar-refractivity contribution in [1.29, 1.82) is 0 Å². The lowest BCUT2D eigenvalue weighted by Crippen LogP contribution is -2.43. The summed E-state index contributed by atoms with van der Waals surface area (Å²) in [5.74, 6) is 0.687. The molecule has 2 rings (SSSR count). The molecule has 0 saturated carbocycles. The van der Waals surface area contributed by atoms with Gasteiger partial charge in [-0.1, -0.05) is 30.3 Å². The van der Waals surface area contributed by atoms with E-state index in [0.717, 1.165) is 11.3 Å². The molecule has 90 valence electrons. The van der Waals surface area contributed by atoms with E-state index in [1.165, 1.54) is 0 Å². The van der Waals surface area contributed by atoms with E-state index in [0.29, 0.717) is 12.3 Å². The molecular weight excluding hydrogens is 214 g/mol. The van der Waals surface area contributed by atoms with Gasteiger partial charge in [0, 0.05) is 24.7 Å². The van der Waals surface area contributed by atoms with Gasteiger partial charge in [-0.3, -0.25) is 4.99 Å². The van der Waals surface area contributed by atoms with Crippen LogP contribution in [0, 0.1) is 0 Å². The molecule has 1 aliphatic rings. The van der Waals surface area contributed by atoms with Crippen LogP contribution in [0.5, 0.6) is 0 Å². The van der Waals surface area contributed by atoms with Gasteiger partial charge in [0.05, 0.1) is 0 Å². The third-order valence-corrected chi connectivity index (χ3v) is 2.76. The van der Waals surface area contributed by atoms with Crippen molar-refractivity contribution < 1.29 is 5.11 Å². The molecule has 0 radical (unpaired) electrons. The zero-order chi connectivity index (χ0) is 12.5. The summed E-state index contributed by atoms with van der Waals surface area (Å²) in [6.07, 6.45) is 0.541. The average molecular weight is 231 g/mol. The van der Waals surface area contributed by atoms with Crippen molar-refractivity contribution in [3.05, 3.63) is 35.9 Å². The highest BCUT2D eigenvalue weighted by atomic mass is 16.3. The summed E-state index contributed by atoms with van der Waals surface area (Å²) in [5, 5.41) is 16.3. The molecule has 4 heteroatoms. The Morgan fingerprint density at radius 1 is 1.41 bits per heavy atom. The Hall–Kier alpha value is -1.68. The lowest BCUT2D eigenvalue weighted by Gasteiger charge is -2.29. The Balaban J connectivity index is 2.39. The molecule has 0 saturated heterocycles. The second kappa shape index (κ2) is 4.30. The van der Waals surface area contributed by atoms with Crippen LogP contribution in [0.3, 0.4) is 0 Å². The lowest BCUT2D eigenvalue weighted by molar-refractivity contribution is -0.0326. The number of nitrogens with zero attached hydrogens (tertiary/aromatic N) is 3. The quantitative estimate of drug-likeness (QED) is 0.592. The Labute approximate surface area is 101 Å². The number of hydrogen-bond donors (Lipinski definition) is 1. The summed E-state index contributed by atoms with van der Waals surface area (Å²) in [6.45, 7) is 3.66. The normalized spacial score (nSPS) is 25.1. The van der Waals surface area contributed by atoms with E-state index in [-0.39, 0.29) is 0 Å². The van der Waals surface area contributed by atoms with E-state index in [9.17, 15) is 5.11 Å². The fourth-order valence-electron chi connectivity index (χ4n) is 2.08. The molecule has 1 N–H and O–H groups in total. The second-order valence-electron chi connectivity index (χ2n) is 4.45. The van der Waals surface area contributed by atoms with Gasteiger partial charge in [0.15, 0.2) is 11.6 Å². The first kappa shape index (κ1) is 11.8. The molecule has 0 fully saturated rings. The van der Waals surface area contributed by atoms with Gasteiger partial charge in [0.1, 0.15) is 0 Å². The first-order valence-corrected chi connectivity index (χ1v) is 5.63. The lowest BCUT2D eigenvalue weighted by atomic mass is 10.1. The number of hydrazone groups is 1. The predicted octanol–water partition coefficient (Wildman–Crippen LogP) is 1.85. The van der Waals surface area contributed by atoms with Crippen molar-refractivity contribution in [3.63, 3.8) is 0 Å². The van der Waals surface area contributed by atoms with Crippen LogP contribution in [0.25, 0.3) is 0 Å². The molecule has 17 heavy (non-hydrogen) atoms. The van der Waals surface area contributed by atoms with Gasteiger partial charge in [-0.25, -0.2) is 5.01 Å². The van der Waals surface area contributed by atoms with Gasteiger partial charge >= 0.3 is 0 Å². The Kier molecular flexibility index (Phi) is 2.98. The van der Waals surface area contributed by atoms with Crippen LogP contribution in [0.15, 0.2) is 40.4 Å². The summed E-state index contributed by atoms with van der Waals surface area (Å²) in [7, 11) is 1.71. The molecular formula is C13H17N3O. The molecule has 0 amide bonds. The Morgan fingerprint density at radius 3 is 2.53 bits per heavy atom. The number of amidine groups is 1. The molecule has 0 spiro atoms.